The van der Waals surface area contributed by atoms with E-state index in [2.05, 4.69) is 11.8 Å². The van der Waals surface area contributed by atoms with E-state index in [0.717, 1.165) is 39.2 Å². The lowest BCUT2D eigenvalue weighted by Gasteiger charge is -1.98. The predicted molar refractivity (Wildman–Crippen MR) is 101 cm³/mol. The van der Waals surface area contributed by atoms with E-state index >= 15 is 0 Å². The van der Waals surface area contributed by atoms with Gasteiger partial charge in [-0.2, -0.15) is 0 Å². The molecule has 3 aromatic carbocycles. The van der Waals surface area contributed by atoms with Crippen molar-refractivity contribution in [1.29, 1.82) is 0 Å². The molecule has 0 saturated carbocycles. The highest BCUT2D eigenvalue weighted by Crippen LogP contribution is 2.34. The van der Waals surface area contributed by atoms with Crippen molar-refractivity contribution in [1.82, 2.24) is 0 Å². The molecule has 0 aliphatic heterocycles. The molecular weight excluding hydrogens is 308 g/mol. The number of hydrogen-bond donors (Lipinski definition) is 0. The molecule has 0 saturated heterocycles. The van der Waals surface area contributed by atoms with Crippen LogP contribution in [0.4, 0.5) is 0 Å². The summed E-state index contributed by atoms with van der Waals surface area (Å²) >= 11 is 0. The fourth-order valence-corrected chi connectivity index (χ4v) is 2.78. The Labute approximate surface area is 146 Å². The fraction of sp³-hybridized carbons (Fsp3) is 0.0435. The van der Waals surface area contributed by atoms with E-state index in [4.69, 9.17) is 9.15 Å². The third-order valence-corrected chi connectivity index (χ3v) is 4.04. The number of ether oxygens (including phenoxy) is 1. The predicted octanol–water partition coefficient (Wildman–Crippen LogP) is 5.51. The normalized spacial score (nSPS) is 10.3. The molecule has 0 amide bonds. The summed E-state index contributed by atoms with van der Waals surface area (Å²) < 4.78 is 11.5. The Hall–Kier alpha value is -3.44. The summed E-state index contributed by atoms with van der Waals surface area (Å²) in [5.74, 6) is 8.11. The molecule has 0 radical (unpaired) electrons. The third-order valence-electron chi connectivity index (χ3n) is 4.04. The van der Waals surface area contributed by atoms with Crippen LogP contribution in [0.3, 0.4) is 0 Å². The summed E-state index contributed by atoms with van der Waals surface area (Å²) in [7, 11) is 1.66. The zero-order chi connectivity index (χ0) is 17.1. The molecule has 0 unspecified atom stereocenters. The lowest BCUT2D eigenvalue weighted by Crippen LogP contribution is -1.83. The van der Waals surface area contributed by atoms with Crippen molar-refractivity contribution in [2.45, 2.75) is 0 Å². The van der Waals surface area contributed by atoms with Crippen molar-refractivity contribution in [2.24, 2.45) is 0 Å². The van der Waals surface area contributed by atoms with Crippen molar-refractivity contribution in [3.63, 3.8) is 0 Å². The molecule has 0 spiro atoms. The lowest BCUT2D eigenvalue weighted by molar-refractivity contribution is 0.415. The SMILES string of the molecule is COc1ccc2oc(-c3ccccc3)c(C#Cc3ccccc3)c2c1. The second kappa shape index (κ2) is 6.59. The van der Waals surface area contributed by atoms with Gasteiger partial charge < -0.3 is 9.15 Å². The summed E-state index contributed by atoms with van der Waals surface area (Å²) in [6, 6.07) is 25.8. The summed E-state index contributed by atoms with van der Waals surface area (Å²) in [6.07, 6.45) is 0. The van der Waals surface area contributed by atoms with Crippen LogP contribution in [0.1, 0.15) is 11.1 Å². The first kappa shape index (κ1) is 15.1. The van der Waals surface area contributed by atoms with Crippen LogP contribution in [0.5, 0.6) is 5.75 Å². The second-order valence-corrected chi connectivity index (χ2v) is 5.65. The minimum Gasteiger partial charge on any atom is -0.497 e. The number of furan rings is 1. The minimum atomic E-state index is 0.785. The number of rotatable bonds is 2. The van der Waals surface area contributed by atoms with Gasteiger partial charge >= 0.3 is 0 Å². The highest BCUT2D eigenvalue weighted by atomic mass is 16.5. The molecule has 0 N–H and O–H groups in total. The van der Waals surface area contributed by atoms with Crippen molar-refractivity contribution < 1.29 is 9.15 Å². The molecule has 1 heterocycles. The summed E-state index contributed by atoms with van der Waals surface area (Å²) in [5, 5.41) is 0.960. The molecule has 0 aliphatic carbocycles. The van der Waals surface area contributed by atoms with E-state index in [1.807, 2.05) is 78.9 Å². The molecule has 2 heteroatoms. The van der Waals surface area contributed by atoms with Gasteiger partial charge in [0.05, 0.1) is 12.7 Å². The number of benzene rings is 3. The van der Waals surface area contributed by atoms with Crippen molar-refractivity contribution >= 4 is 11.0 Å². The van der Waals surface area contributed by atoms with E-state index in [0.29, 0.717) is 0 Å². The van der Waals surface area contributed by atoms with Crippen LogP contribution in [0.25, 0.3) is 22.3 Å². The largest absolute Gasteiger partial charge is 0.497 e. The molecule has 4 aromatic rings. The zero-order valence-corrected chi connectivity index (χ0v) is 13.8. The van der Waals surface area contributed by atoms with Gasteiger partial charge in [-0.15, -0.1) is 0 Å². The first-order valence-corrected chi connectivity index (χ1v) is 8.08. The van der Waals surface area contributed by atoms with Crippen molar-refractivity contribution in [3.8, 4) is 28.9 Å². The van der Waals surface area contributed by atoms with E-state index in [-0.39, 0.29) is 0 Å². The average molecular weight is 324 g/mol. The monoisotopic (exact) mass is 324 g/mol. The number of fused-ring (bicyclic) bond motifs is 1. The summed E-state index contributed by atoms with van der Waals surface area (Å²) in [4.78, 5) is 0. The van der Waals surface area contributed by atoms with Crippen LogP contribution in [0, 0.1) is 11.8 Å². The highest BCUT2D eigenvalue weighted by Gasteiger charge is 2.15. The molecule has 120 valence electrons. The first-order valence-electron chi connectivity index (χ1n) is 8.08. The van der Waals surface area contributed by atoms with Crippen molar-refractivity contribution in [3.05, 3.63) is 90.0 Å². The average Bonchev–Trinajstić information content (AvgIpc) is 3.05. The quantitative estimate of drug-likeness (QED) is 0.454. The van der Waals surface area contributed by atoms with Crippen LogP contribution < -0.4 is 4.74 Å². The van der Waals surface area contributed by atoms with Gasteiger partial charge in [0.2, 0.25) is 0 Å². The van der Waals surface area contributed by atoms with Gasteiger partial charge in [-0.1, -0.05) is 60.4 Å². The van der Waals surface area contributed by atoms with Gasteiger partial charge in [0.15, 0.2) is 5.76 Å². The Morgan fingerprint density at radius 1 is 0.800 bits per heavy atom. The molecule has 0 fully saturated rings. The molecular formula is C23H16O2. The smallest absolute Gasteiger partial charge is 0.151 e. The molecule has 1 aromatic heterocycles. The number of hydrogen-bond acceptors (Lipinski definition) is 2. The fourth-order valence-electron chi connectivity index (χ4n) is 2.78. The van der Waals surface area contributed by atoms with Crippen LogP contribution >= 0.6 is 0 Å². The number of methoxy groups -OCH3 is 1. The first-order chi connectivity index (χ1) is 12.3. The van der Waals surface area contributed by atoms with Gasteiger partial charge in [0.1, 0.15) is 11.3 Å². The van der Waals surface area contributed by atoms with E-state index in [1.54, 1.807) is 7.11 Å². The lowest BCUT2D eigenvalue weighted by atomic mass is 10.1. The molecule has 0 aliphatic rings. The highest BCUT2D eigenvalue weighted by molar-refractivity contribution is 5.92. The van der Waals surface area contributed by atoms with Gasteiger partial charge in [-0.3, -0.25) is 0 Å². The Balaban J connectivity index is 1.94. The van der Waals surface area contributed by atoms with E-state index < -0.39 is 0 Å². The Morgan fingerprint density at radius 3 is 2.24 bits per heavy atom. The molecule has 4 rings (SSSR count). The van der Waals surface area contributed by atoms with Gasteiger partial charge in [-0.05, 0) is 30.3 Å². The van der Waals surface area contributed by atoms with Crippen LogP contribution in [-0.2, 0) is 0 Å². The maximum atomic E-state index is 6.12. The van der Waals surface area contributed by atoms with Crippen molar-refractivity contribution in [2.75, 3.05) is 7.11 Å². The standard InChI is InChI=1S/C23H16O2/c1-24-19-13-15-22-21(16-19)20(14-12-17-8-4-2-5-9-17)23(25-22)18-10-6-3-7-11-18/h2-11,13,15-16H,1H3. The summed E-state index contributed by atoms with van der Waals surface area (Å²) in [5.41, 5.74) is 3.66. The van der Waals surface area contributed by atoms with Crippen LogP contribution in [-0.4, -0.2) is 7.11 Å². The molecule has 0 bridgehead atoms. The molecule has 2 nitrogen and oxygen atoms in total. The van der Waals surface area contributed by atoms with Gasteiger partial charge in [0.25, 0.3) is 0 Å². The third kappa shape index (κ3) is 3.00. The zero-order valence-electron chi connectivity index (χ0n) is 13.8. The second-order valence-electron chi connectivity index (χ2n) is 5.65. The topological polar surface area (TPSA) is 22.4 Å². The van der Waals surface area contributed by atoms with Crippen LogP contribution in [0.15, 0.2) is 83.3 Å². The minimum absolute atomic E-state index is 0.785. The Morgan fingerprint density at radius 2 is 1.52 bits per heavy atom. The maximum absolute atomic E-state index is 6.12. The molecule has 0 atom stereocenters. The van der Waals surface area contributed by atoms with Gasteiger partial charge in [0, 0.05) is 16.5 Å². The van der Waals surface area contributed by atoms with E-state index in [9.17, 15) is 0 Å². The summed E-state index contributed by atoms with van der Waals surface area (Å²) in [6.45, 7) is 0. The Kier molecular flexibility index (Phi) is 3.98. The molecule has 25 heavy (non-hydrogen) atoms. The Bertz CT molecular complexity index is 1060. The van der Waals surface area contributed by atoms with Gasteiger partial charge in [-0.25, -0.2) is 0 Å². The van der Waals surface area contributed by atoms with Crippen LogP contribution in [0.2, 0.25) is 0 Å². The maximum Gasteiger partial charge on any atom is 0.151 e. The van der Waals surface area contributed by atoms with E-state index in [1.165, 1.54) is 0 Å².